The molecule has 0 fully saturated rings. The predicted molar refractivity (Wildman–Crippen MR) is 148 cm³/mol. The van der Waals surface area contributed by atoms with Crippen LogP contribution in [0.5, 0.6) is 0 Å². The number of nitrogens with two attached hydrogens (primary N) is 2. The van der Waals surface area contributed by atoms with Gasteiger partial charge in [-0.15, -0.1) is 0 Å². The Bertz CT molecular complexity index is 1120. The van der Waals surface area contributed by atoms with Gasteiger partial charge in [-0.1, -0.05) is 62.4 Å². The molecule has 7 N–H and O–H groups in total. The molecule has 0 aromatic heterocycles. The van der Waals surface area contributed by atoms with E-state index in [1.165, 1.54) is 7.11 Å². The van der Waals surface area contributed by atoms with E-state index >= 15 is 0 Å². The molecule has 210 valence electrons. The maximum Gasteiger partial charge on any atom is 0.328 e. The number of carbonyl (C=O) groups is 4. The third kappa shape index (κ3) is 10.5. The largest absolute Gasteiger partial charge is 0.467 e. The number of amides is 3. The van der Waals surface area contributed by atoms with Gasteiger partial charge in [0.1, 0.15) is 18.1 Å². The molecule has 2 aromatic rings. The molecule has 0 bridgehead atoms. The van der Waals surface area contributed by atoms with E-state index in [-0.39, 0.29) is 31.3 Å². The molecule has 0 aliphatic rings. The fourth-order valence-corrected chi connectivity index (χ4v) is 3.84. The number of guanidine groups is 1. The van der Waals surface area contributed by atoms with Crippen LogP contribution in [0.15, 0.2) is 65.7 Å². The zero-order valence-electron chi connectivity index (χ0n) is 22.6. The quantitative estimate of drug-likeness (QED) is 0.103. The number of esters is 1. The van der Waals surface area contributed by atoms with Crippen molar-refractivity contribution in [3.63, 3.8) is 0 Å². The Balaban J connectivity index is 2.18. The van der Waals surface area contributed by atoms with Crippen molar-refractivity contribution in [1.29, 1.82) is 0 Å². The number of methoxy groups -OCH3 is 1. The van der Waals surface area contributed by atoms with Gasteiger partial charge in [-0.25, -0.2) is 4.79 Å². The van der Waals surface area contributed by atoms with Crippen molar-refractivity contribution in [3.05, 3.63) is 71.8 Å². The number of hydrogen-bond acceptors (Lipinski definition) is 6. The molecular formula is C28H38N6O5. The Hall–Kier alpha value is -4.41. The lowest BCUT2D eigenvalue weighted by atomic mass is 10.00. The van der Waals surface area contributed by atoms with E-state index in [0.717, 1.165) is 5.56 Å². The van der Waals surface area contributed by atoms with Crippen molar-refractivity contribution >= 4 is 29.7 Å². The standard InChI is InChI=1S/C28H38N6O5/c1-18(2)23(26(37)32-21(27(38)39-3)15-10-16-31-28(29)30)34-25(36)22(17-19-11-6-4-7-12-19)33-24(35)20-13-8-5-9-14-20/h4-9,11-14,18,21-23H,10,15-17H2,1-3H3,(H,32,37)(H,33,35)(H,34,36)(H4,29,30,31). The summed E-state index contributed by atoms with van der Waals surface area (Å²) in [5, 5.41) is 8.22. The van der Waals surface area contributed by atoms with Crippen LogP contribution in [-0.4, -0.2) is 61.4 Å². The zero-order chi connectivity index (χ0) is 28.8. The van der Waals surface area contributed by atoms with E-state index < -0.39 is 41.8 Å². The van der Waals surface area contributed by atoms with Gasteiger partial charge in [-0.05, 0) is 36.5 Å². The van der Waals surface area contributed by atoms with Crippen LogP contribution in [-0.2, 0) is 25.5 Å². The molecule has 3 atom stereocenters. The van der Waals surface area contributed by atoms with E-state index in [1.807, 2.05) is 30.3 Å². The van der Waals surface area contributed by atoms with E-state index in [1.54, 1.807) is 44.2 Å². The normalized spacial score (nSPS) is 12.9. The molecule has 11 nitrogen and oxygen atoms in total. The fourth-order valence-electron chi connectivity index (χ4n) is 3.84. The first-order valence-electron chi connectivity index (χ1n) is 12.8. The van der Waals surface area contributed by atoms with Gasteiger partial charge in [-0.3, -0.25) is 19.4 Å². The van der Waals surface area contributed by atoms with Crippen molar-refractivity contribution < 1.29 is 23.9 Å². The lowest BCUT2D eigenvalue weighted by Crippen LogP contribution is -2.57. The van der Waals surface area contributed by atoms with Gasteiger partial charge in [0.15, 0.2) is 5.96 Å². The molecule has 0 aliphatic heterocycles. The second-order valence-electron chi connectivity index (χ2n) is 9.35. The number of hydrogen-bond donors (Lipinski definition) is 5. The van der Waals surface area contributed by atoms with Crippen molar-refractivity contribution in [3.8, 4) is 0 Å². The molecule has 39 heavy (non-hydrogen) atoms. The number of aliphatic imine (C=N–C) groups is 1. The van der Waals surface area contributed by atoms with Gasteiger partial charge in [0.25, 0.3) is 5.91 Å². The van der Waals surface area contributed by atoms with Gasteiger partial charge in [0.05, 0.1) is 7.11 Å². The third-order valence-corrected chi connectivity index (χ3v) is 5.93. The van der Waals surface area contributed by atoms with E-state index in [9.17, 15) is 19.2 Å². The highest BCUT2D eigenvalue weighted by Crippen LogP contribution is 2.10. The Morgan fingerprint density at radius 3 is 2.03 bits per heavy atom. The minimum Gasteiger partial charge on any atom is -0.467 e. The summed E-state index contributed by atoms with van der Waals surface area (Å²) in [5.74, 6) is -2.51. The molecule has 0 spiro atoms. The van der Waals surface area contributed by atoms with Crippen LogP contribution in [0.3, 0.4) is 0 Å². The first-order valence-corrected chi connectivity index (χ1v) is 12.8. The van der Waals surface area contributed by atoms with Crippen LogP contribution in [0.4, 0.5) is 0 Å². The fraction of sp³-hybridized carbons (Fsp3) is 0.393. The van der Waals surface area contributed by atoms with Gasteiger partial charge < -0.3 is 32.2 Å². The maximum absolute atomic E-state index is 13.4. The van der Waals surface area contributed by atoms with Crippen molar-refractivity contribution in [2.24, 2.45) is 22.4 Å². The van der Waals surface area contributed by atoms with Gasteiger partial charge in [0, 0.05) is 18.5 Å². The minimum absolute atomic E-state index is 0.0688. The van der Waals surface area contributed by atoms with Crippen LogP contribution in [0, 0.1) is 5.92 Å². The Kier molecular flexibility index (Phi) is 12.4. The molecule has 11 heteroatoms. The number of ether oxygens (including phenoxy) is 1. The molecule has 0 radical (unpaired) electrons. The summed E-state index contributed by atoms with van der Waals surface area (Å²) in [5.41, 5.74) is 11.9. The molecule has 3 amide bonds. The third-order valence-electron chi connectivity index (χ3n) is 5.93. The number of nitrogens with one attached hydrogen (secondary N) is 3. The molecule has 2 rings (SSSR count). The van der Waals surface area contributed by atoms with Crippen LogP contribution < -0.4 is 27.4 Å². The highest BCUT2D eigenvalue weighted by atomic mass is 16.5. The van der Waals surface area contributed by atoms with E-state index in [4.69, 9.17) is 16.2 Å². The molecular weight excluding hydrogens is 500 g/mol. The maximum atomic E-state index is 13.4. The average molecular weight is 539 g/mol. The number of benzene rings is 2. The smallest absolute Gasteiger partial charge is 0.328 e. The molecule has 0 saturated carbocycles. The summed E-state index contributed by atoms with van der Waals surface area (Å²) < 4.78 is 4.83. The predicted octanol–water partition coefficient (Wildman–Crippen LogP) is 0.880. The summed E-state index contributed by atoms with van der Waals surface area (Å²) in [6, 6.07) is 14.9. The molecule has 0 heterocycles. The summed E-state index contributed by atoms with van der Waals surface area (Å²) in [4.78, 5) is 55.7. The first kappa shape index (κ1) is 30.8. The van der Waals surface area contributed by atoms with E-state index in [2.05, 4.69) is 20.9 Å². The van der Waals surface area contributed by atoms with Gasteiger partial charge >= 0.3 is 5.97 Å². The topological polar surface area (TPSA) is 178 Å². The highest BCUT2D eigenvalue weighted by molar-refractivity contribution is 5.98. The van der Waals surface area contributed by atoms with Crippen molar-refractivity contribution in [2.75, 3.05) is 13.7 Å². The number of rotatable bonds is 14. The summed E-state index contributed by atoms with van der Waals surface area (Å²) in [7, 11) is 1.23. The number of carbonyl (C=O) groups excluding carboxylic acids is 4. The van der Waals surface area contributed by atoms with E-state index in [0.29, 0.717) is 12.0 Å². The van der Waals surface area contributed by atoms with Crippen LogP contribution in [0.2, 0.25) is 0 Å². The molecule has 3 unspecified atom stereocenters. The Morgan fingerprint density at radius 2 is 1.46 bits per heavy atom. The molecule has 0 aliphatic carbocycles. The average Bonchev–Trinajstić information content (AvgIpc) is 2.92. The van der Waals surface area contributed by atoms with Gasteiger partial charge in [-0.2, -0.15) is 0 Å². The summed E-state index contributed by atoms with van der Waals surface area (Å²) in [6.45, 7) is 3.81. The second kappa shape index (κ2) is 15.8. The SMILES string of the molecule is COC(=O)C(CCCN=C(N)N)NC(=O)C(NC(=O)C(Cc1ccccc1)NC(=O)c1ccccc1)C(C)C. The lowest BCUT2D eigenvalue weighted by Gasteiger charge is -2.27. The summed E-state index contributed by atoms with van der Waals surface area (Å²) >= 11 is 0. The number of nitrogens with zero attached hydrogens (tertiary/aromatic N) is 1. The van der Waals surface area contributed by atoms with Crippen LogP contribution in [0.25, 0.3) is 0 Å². The highest BCUT2D eigenvalue weighted by Gasteiger charge is 2.31. The Morgan fingerprint density at radius 1 is 0.846 bits per heavy atom. The minimum atomic E-state index is -0.978. The van der Waals surface area contributed by atoms with Gasteiger partial charge in [0.2, 0.25) is 11.8 Å². The molecule has 2 aromatic carbocycles. The zero-order valence-corrected chi connectivity index (χ0v) is 22.6. The van der Waals surface area contributed by atoms with Crippen LogP contribution >= 0.6 is 0 Å². The first-order chi connectivity index (χ1) is 18.6. The Labute approximate surface area is 228 Å². The second-order valence-corrected chi connectivity index (χ2v) is 9.35. The van der Waals surface area contributed by atoms with Crippen LogP contribution in [0.1, 0.15) is 42.6 Å². The lowest BCUT2D eigenvalue weighted by molar-refractivity contribution is -0.145. The van der Waals surface area contributed by atoms with Crippen molar-refractivity contribution in [1.82, 2.24) is 16.0 Å². The summed E-state index contributed by atoms with van der Waals surface area (Å²) in [6.07, 6.45) is 0.867. The monoisotopic (exact) mass is 538 g/mol. The van der Waals surface area contributed by atoms with Crippen molar-refractivity contribution in [2.45, 2.75) is 51.2 Å². The molecule has 0 saturated heterocycles.